The summed E-state index contributed by atoms with van der Waals surface area (Å²) in [6.45, 7) is 8.78. The predicted octanol–water partition coefficient (Wildman–Crippen LogP) is 2.28. The van der Waals surface area contributed by atoms with Crippen molar-refractivity contribution in [3.8, 4) is 11.5 Å². The van der Waals surface area contributed by atoms with Crippen molar-refractivity contribution in [3.05, 3.63) is 18.2 Å². The molecule has 2 rings (SSSR count). The number of amides is 1. The molecule has 0 aliphatic carbocycles. The van der Waals surface area contributed by atoms with Crippen LogP contribution >= 0.6 is 0 Å². The van der Waals surface area contributed by atoms with E-state index in [1.54, 1.807) is 0 Å². The van der Waals surface area contributed by atoms with E-state index < -0.39 is 0 Å². The van der Waals surface area contributed by atoms with Gasteiger partial charge in [0.25, 0.3) is 0 Å². The maximum absolute atomic E-state index is 12.3. The second kappa shape index (κ2) is 7.31. The van der Waals surface area contributed by atoms with Crippen LogP contribution in [0.5, 0.6) is 11.5 Å². The van der Waals surface area contributed by atoms with Crippen LogP contribution < -0.4 is 20.1 Å². The summed E-state index contributed by atoms with van der Waals surface area (Å²) in [5, 5.41) is 6.17. The van der Waals surface area contributed by atoms with Crippen molar-refractivity contribution in [2.45, 2.75) is 20.8 Å². The number of benzene rings is 1. The first-order chi connectivity index (χ1) is 10.2. The average molecular weight is 292 g/mol. The number of carbonyl (C=O) groups is 1. The van der Waals surface area contributed by atoms with Gasteiger partial charge in [-0.2, -0.15) is 0 Å². The second-order valence-corrected chi connectivity index (χ2v) is 5.22. The number of hydrogen-bond acceptors (Lipinski definition) is 4. The van der Waals surface area contributed by atoms with Crippen LogP contribution in [-0.2, 0) is 4.79 Å². The zero-order chi connectivity index (χ0) is 15.2. The smallest absolute Gasteiger partial charge is 0.227 e. The number of nitrogens with one attached hydrogen (secondary N) is 2. The van der Waals surface area contributed by atoms with Crippen LogP contribution in [0.25, 0.3) is 0 Å². The predicted molar refractivity (Wildman–Crippen MR) is 82.9 cm³/mol. The first kappa shape index (κ1) is 15.6. The highest BCUT2D eigenvalue weighted by Crippen LogP contribution is 2.30. The van der Waals surface area contributed by atoms with Crippen LogP contribution in [0, 0.1) is 11.8 Å². The Balaban J connectivity index is 2.11. The van der Waals surface area contributed by atoms with Gasteiger partial charge >= 0.3 is 0 Å². The summed E-state index contributed by atoms with van der Waals surface area (Å²) in [5.41, 5.74) is 0.673. The summed E-state index contributed by atoms with van der Waals surface area (Å²) >= 11 is 0. The molecule has 0 radical (unpaired) electrons. The van der Waals surface area contributed by atoms with Gasteiger partial charge in [0.05, 0.1) is 18.9 Å². The van der Waals surface area contributed by atoms with Gasteiger partial charge in [0.2, 0.25) is 5.91 Å². The molecule has 5 nitrogen and oxygen atoms in total. The summed E-state index contributed by atoms with van der Waals surface area (Å²) in [6.07, 6.45) is 0. The van der Waals surface area contributed by atoms with E-state index in [-0.39, 0.29) is 11.8 Å². The average Bonchev–Trinajstić information content (AvgIpc) is 2.40. The van der Waals surface area contributed by atoms with Gasteiger partial charge in [0, 0.05) is 12.0 Å². The Morgan fingerprint density at radius 1 is 1.33 bits per heavy atom. The highest BCUT2D eigenvalue weighted by molar-refractivity contribution is 5.94. The first-order valence-electron chi connectivity index (χ1n) is 7.56. The molecule has 1 unspecified atom stereocenters. The van der Waals surface area contributed by atoms with Crippen molar-refractivity contribution in [2.75, 3.05) is 31.6 Å². The van der Waals surface area contributed by atoms with E-state index in [2.05, 4.69) is 10.6 Å². The van der Waals surface area contributed by atoms with Gasteiger partial charge in [-0.05, 0) is 45.0 Å². The van der Waals surface area contributed by atoms with Crippen molar-refractivity contribution in [2.24, 2.45) is 11.8 Å². The quantitative estimate of drug-likeness (QED) is 0.809. The summed E-state index contributed by atoms with van der Waals surface area (Å²) in [7, 11) is 0. The summed E-state index contributed by atoms with van der Waals surface area (Å²) in [4.78, 5) is 12.3. The SMILES string of the molecule is CCOc1ccc(OCC)c(NC(=O)C(C)C2CNC2)c1. The third kappa shape index (κ3) is 3.88. The lowest BCUT2D eigenvalue weighted by atomic mass is 9.88. The van der Waals surface area contributed by atoms with E-state index in [0.717, 1.165) is 18.8 Å². The lowest BCUT2D eigenvalue weighted by Crippen LogP contribution is -2.48. The maximum Gasteiger partial charge on any atom is 0.227 e. The summed E-state index contributed by atoms with van der Waals surface area (Å²) in [6, 6.07) is 5.50. The molecule has 1 aliphatic heterocycles. The molecule has 0 aromatic heterocycles. The Morgan fingerprint density at radius 2 is 2.05 bits per heavy atom. The molecule has 2 N–H and O–H groups in total. The molecule has 1 atom stereocenters. The monoisotopic (exact) mass is 292 g/mol. The topological polar surface area (TPSA) is 59.6 Å². The van der Waals surface area contributed by atoms with Crippen molar-refractivity contribution < 1.29 is 14.3 Å². The highest BCUT2D eigenvalue weighted by Gasteiger charge is 2.29. The van der Waals surface area contributed by atoms with Crippen LogP contribution in [0.3, 0.4) is 0 Å². The molecule has 0 spiro atoms. The fourth-order valence-corrected chi connectivity index (χ4v) is 2.27. The Hall–Kier alpha value is -1.75. The summed E-state index contributed by atoms with van der Waals surface area (Å²) < 4.78 is 11.1. The Morgan fingerprint density at radius 3 is 2.62 bits per heavy atom. The molecule has 1 aliphatic rings. The molecule has 1 heterocycles. The molecule has 116 valence electrons. The first-order valence-corrected chi connectivity index (χ1v) is 7.56. The number of anilines is 1. The number of carbonyl (C=O) groups excluding carboxylic acids is 1. The number of rotatable bonds is 7. The van der Waals surface area contributed by atoms with Crippen LogP contribution in [0.15, 0.2) is 18.2 Å². The lowest BCUT2D eigenvalue weighted by Gasteiger charge is -2.31. The van der Waals surface area contributed by atoms with Crippen molar-refractivity contribution in [1.82, 2.24) is 5.32 Å². The minimum atomic E-state index is -0.0172. The fraction of sp³-hybridized carbons (Fsp3) is 0.562. The standard InChI is InChI=1S/C16H24N2O3/c1-4-20-13-6-7-15(21-5-2)14(8-13)18-16(19)11(3)12-9-17-10-12/h6-8,11-12,17H,4-5,9-10H2,1-3H3,(H,18,19). The van der Waals surface area contributed by atoms with Gasteiger partial charge in [-0.15, -0.1) is 0 Å². The third-order valence-electron chi connectivity index (χ3n) is 3.75. The van der Waals surface area contributed by atoms with Crippen LogP contribution in [0.1, 0.15) is 20.8 Å². The van der Waals surface area contributed by atoms with Crippen molar-refractivity contribution in [1.29, 1.82) is 0 Å². The van der Waals surface area contributed by atoms with Crippen molar-refractivity contribution in [3.63, 3.8) is 0 Å². The zero-order valence-electron chi connectivity index (χ0n) is 12.9. The molecule has 21 heavy (non-hydrogen) atoms. The van der Waals surface area contributed by atoms with E-state index >= 15 is 0 Å². The minimum absolute atomic E-state index is 0.0172. The van der Waals surface area contributed by atoms with Gasteiger partial charge in [0.1, 0.15) is 11.5 Å². The molecule has 1 amide bonds. The van der Waals surface area contributed by atoms with Crippen LogP contribution in [0.4, 0.5) is 5.69 Å². The lowest BCUT2D eigenvalue weighted by molar-refractivity contribution is -0.121. The zero-order valence-corrected chi connectivity index (χ0v) is 12.9. The molecule has 0 saturated carbocycles. The van der Waals surface area contributed by atoms with Crippen LogP contribution in [0.2, 0.25) is 0 Å². The van der Waals surface area contributed by atoms with E-state index in [0.29, 0.717) is 30.6 Å². The van der Waals surface area contributed by atoms with Gasteiger partial charge in [-0.3, -0.25) is 4.79 Å². The van der Waals surface area contributed by atoms with Gasteiger partial charge in [0.15, 0.2) is 0 Å². The Labute approximate surface area is 126 Å². The molecule has 0 bridgehead atoms. The Kier molecular flexibility index (Phi) is 5.44. The minimum Gasteiger partial charge on any atom is -0.494 e. The molecular weight excluding hydrogens is 268 g/mol. The normalized spacial score (nSPS) is 16.0. The van der Waals surface area contributed by atoms with Gasteiger partial charge in [-0.25, -0.2) is 0 Å². The van der Waals surface area contributed by atoms with E-state index in [4.69, 9.17) is 9.47 Å². The molecule has 1 fully saturated rings. The number of hydrogen-bond donors (Lipinski definition) is 2. The van der Waals surface area contributed by atoms with Crippen LogP contribution in [-0.4, -0.2) is 32.2 Å². The van der Waals surface area contributed by atoms with E-state index in [1.807, 2.05) is 39.0 Å². The summed E-state index contributed by atoms with van der Waals surface area (Å²) in [5.74, 6) is 1.82. The highest BCUT2D eigenvalue weighted by atomic mass is 16.5. The molecule has 1 aromatic carbocycles. The Bertz CT molecular complexity index is 486. The molecular formula is C16H24N2O3. The third-order valence-corrected chi connectivity index (χ3v) is 3.75. The molecule has 1 saturated heterocycles. The molecule has 5 heteroatoms. The second-order valence-electron chi connectivity index (χ2n) is 5.22. The number of ether oxygens (including phenoxy) is 2. The maximum atomic E-state index is 12.3. The van der Waals surface area contributed by atoms with E-state index in [1.165, 1.54) is 0 Å². The van der Waals surface area contributed by atoms with Gasteiger partial charge < -0.3 is 20.1 Å². The van der Waals surface area contributed by atoms with Gasteiger partial charge in [-0.1, -0.05) is 6.92 Å². The largest absolute Gasteiger partial charge is 0.494 e. The molecule has 1 aromatic rings. The van der Waals surface area contributed by atoms with E-state index in [9.17, 15) is 4.79 Å². The fourth-order valence-electron chi connectivity index (χ4n) is 2.27. The van der Waals surface area contributed by atoms with Crippen molar-refractivity contribution >= 4 is 11.6 Å².